The molecule has 0 saturated heterocycles. The standard InChI is InChI=1S/C21H21/c1-15-9-11-16(12-10-15)19-13-17-7-5-6-8-18(17)14-20(19)21(2,3)4/h5-12,14H,1-4H3. The Labute approximate surface area is 127 Å². The molecule has 0 saturated carbocycles. The highest BCUT2D eigenvalue weighted by Gasteiger charge is 2.19. The highest BCUT2D eigenvalue weighted by atomic mass is 14.2. The molecule has 0 unspecified atom stereocenters. The van der Waals surface area contributed by atoms with Crippen LogP contribution in [0.15, 0.2) is 54.6 Å². The van der Waals surface area contributed by atoms with E-state index in [1.165, 1.54) is 33.0 Å². The Morgan fingerprint density at radius 3 is 2.19 bits per heavy atom. The first kappa shape index (κ1) is 13.9. The summed E-state index contributed by atoms with van der Waals surface area (Å²) in [6.45, 7) is 8.92. The second kappa shape index (κ2) is 5.04. The number of fused-ring (bicyclic) bond motifs is 1. The van der Waals surface area contributed by atoms with E-state index >= 15 is 0 Å². The van der Waals surface area contributed by atoms with Gasteiger partial charge in [-0.2, -0.15) is 0 Å². The van der Waals surface area contributed by atoms with Crippen LogP contribution in [-0.2, 0) is 5.41 Å². The number of benzene rings is 3. The van der Waals surface area contributed by atoms with E-state index < -0.39 is 0 Å². The Bertz CT molecular complexity index is 771. The fraction of sp³-hybridized carbons (Fsp3) is 0.238. The van der Waals surface area contributed by atoms with Gasteiger partial charge in [0.1, 0.15) is 0 Å². The van der Waals surface area contributed by atoms with Gasteiger partial charge in [0.05, 0.1) is 0 Å². The second-order valence-corrected chi connectivity index (χ2v) is 6.76. The predicted octanol–water partition coefficient (Wildman–Crippen LogP) is 5.91. The van der Waals surface area contributed by atoms with Crippen molar-refractivity contribution in [2.45, 2.75) is 33.1 Å². The van der Waals surface area contributed by atoms with Crippen LogP contribution in [0.4, 0.5) is 0 Å². The SMILES string of the molecule is Cc1ccc(-c2[c]c3ccccc3cc2C(C)(C)C)cc1. The third-order valence-corrected chi connectivity index (χ3v) is 3.94. The van der Waals surface area contributed by atoms with E-state index in [2.05, 4.69) is 88.4 Å². The van der Waals surface area contributed by atoms with Crippen LogP contribution >= 0.6 is 0 Å². The highest BCUT2D eigenvalue weighted by molar-refractivity contribution is 5.89. The molecule has 0 heterocycles. The first-order valence-corrected chi connectivity index (χ1v) is 7.48. The molecule has 0 amide bonds. The molecule has 0 aliphatic carbocycles. The van der Waals surface area contributed by atoms with E-state index in [9.17, 15) is 0 Å². The summed E-state index contributed by atoms with van der Waals surface area (Å²) in [5, 5.41) is 2.44. The molecule has 1 radical (unpaired) electrons. The minimum atomic E-state index is 0.0980. The Balaban J connectivity index is 2.30. The maximum Gasteiger partial charge on any atom is -0.00112 e. The fourth-order valence-electron chi connectivity index (χ4n) is 2.71. The van der Waals surface area contributed by atoms with E-state index in [1.54, 1.807) is 0 Å². The summed E-state index contributed by atoms with van der Waals surface area (Å²) >= 11 is 0. The summed E-state index contributed by atoms with van der Waals surface area (Å²) < 4.78 is 0. The van der Waals surface area contributed by atoms with Gasteiger partial charge in [0.15, 0.2) is 0 Å². The number of hydrogen-bond donors (Lipinski definition) is 0. The van der Waals surface area contributed by atoms with Crippen molar-refractivity contribution in [3.63, 3.8) is 0 Å². The van der Waals surface area contributed by atoms with E-state index in [0.717, 1.165) is 0 Å². The first-order chi connectivity index (χ1) is 9.95. The molecule has 3 aromatic carbocycles. The van der Waals surface area contributed by atoms with Crippen molar-refractivity contribution in [1.82, 2.24) is 0 Å². The lowest BCUT2D eigenvalue weighted by atomic mass is 9.80. The summed E-state index contributed by atoms with van der Waals surface area (Å²) in [6, 6.07) is 23.2. The van der Waals surface area contributed by atoms with E-state index in [0.29, 0.717) is 0 Å². The van der Waals surface area contributed by atoms with Crippen molar-refractivity contribution in [2.75, 3.05) is 0 Å². The van der Waals surface area contributed by atoms with Gasteiger partial charge in [0.25, 0.3) is 0 Å². The van der Waals surface area contributed by atoms with Crippen LogP contribution in [0.2, 0.25) is 0 Å². The molecule has 0 aliphatic rings. The lowest BCUT2D eigenvalue weighted by molar-refractivity contribution is 0.592. The zero-order chi connectivity index (χ0) is 15.0. The van der Waals surface area contributed by atoms with Crippen molar-refractivity contribution in [2.24, 2.45) is 0 Å². The molecular weight excluding hydrogens is 252 g/mol. The molecule has 0 atom stereocenters. The molecule has 3 rings (SSSR count). The van der Waals surface area contributed by atoms with Crippen molar-refractivity contribution in [3.8, 4) is 11.1 Å². The van der Waals surface area contributed by atoms with Gasteiger partial charge >= 0.3 is 0 Å². The lowest BCUT2D eigenvalue weighted by Crippen LogP contribution is -2.13. The molecule has 0 N–H and O–H groups in total. The minimum Gasteiger partial charge on any atom is -0.0616 e. The Morgan fingerprint density at radius 2 is 1.52 bits per heavy atom. The van der Waals surface area contributed by atoms with Gasteiger partial charge in [0.2, 0.25) is 0 Å². The summed E-state index contributed by atoms with van der Waals surface area (Å²) in [4.78, 5) is 0. The average Bonchev–Trinajstić information content (AvgIpc) is 2.46. The Kier molecular flexibility index (Phi) is 3.33. The quantitative estimate of drug-likeness (QED) is 0.517. The largest absolute Gasteiger partial charge is 0.0616 e. The van der Waals surface area contributed by atoms with Crippen LogP contribution in [-0.4, -0.2) is 0 Å². The number of hydrogen-bond acceptors (Lipinski definition) is 0. The van der Waals surface area contributed by atoms with Crippen molar-refractivity contribution < 1.29 is 0 Å². The maximum absolute atomic E-state index is 3.64. The zero-order valence-electron chi connectivity index (χ0n) is 13.2. The van der Waals surface area contributed by atoms with Gasteiger partial charge in [-0.3, -0.25) is 0 Å². The van der Waals surface area contributed by atoms with Crippen LogP contribution in [0, 0.1) is 13.0 Å². The second-order valence-electron chi connectivity index (χ2n) is 6.76. The van der Waals surface area contributed by atoms with Crippen molar-refractivity contribution >= 4 is 10.8 Å². The average molecular weight is 273 g/mol. The molecule has 0 spiro atoms. The van der Waals surface area contributed by atoms with Crippen LogP contribution in [0.5, 0.6) is 0 Å². The number of aryl methyl sites for hydroxylation is 1. The molecule has 105 valence electrons. The smallest absolute Gasteiger partial charge is 0.00112 e. The molecular formula is C21H21. The fourth-order valence-corrected chi connectivity index (χ4v) is 2.71. The number of rotatable bonds is 1. The Morgan fingerprint density at radius 1 is 0.857 bits per heavy atom. The molecule has 0 fully saturated rings. The molecule has 3 aromatic rings. The molecule has 0 nitrogen and oxygen atoms in total. The van der Waals surface area contributed by atoms with Crippen LogP contribution in [0.3, 0.4) is 0 Å². The molecule has 0 bridgehead atoms. The topological polar surface area (TPSA) is 0 Å². The van der Waals surface area contributed by atoms with Gasteiger partial charge in [-0.1, -0.05) is 74.9 Å². The summed E-state index contributed by atoms with van der Waals surface area (Å²) in [5.41, 5.74) is 5.21. The van der Waals surface area contributed by atoms with Gasteiger partial charge < -0.3 is 0 Å². The Hall–Kier alpha value is -2.08. The van der Waals surface area contributed by atoms with Gasteiger partial charge in [0, 0.05) is 0 Å². The van der Waals surface area contributed by atoms with Crippen LogP contribution < -0.4 is 0 Å². The summed E-state index contributed by atoms with van der Waals surface area (Å²) in [5.74, 6) is 0. The van der Waals surface area contributed by atoms with E-state index in [4.69, 9.17) is 0 Å². The summed E-state index contributed by atoms with van der Waals surface area (Å²) in [6.07, 6.45) is 0. The van der Waals surface area contributed by atoms with E-state index in [1.807, 2.05) is 0 Å². The summed E-state index contributed by atoms with van der Waals surface area (Å²) in [7, 11) is 0. The predicted molar refractivity (Wildman–Crippen MR) is 91.7 cm³/mol. The van der Waals surface area contributed by atoms with Gasteiger partial charge in [-0.25, -0.2) is 0 Å². The van der Waals surface area contributed by atoms with E-state index in [-0.39, 0.29) is 5.41 Å². The molecule has 0 heteroatoms. The minimum absolute atomic E-state index is 0.0980. The molecule has 21 heavy (non-hydrogen) atoms. The third-order valence-electron chi connectivity index (χ3n) is 3.94. The monoisotopic (exact) mass is 273 g/mol. The van der Waals surface area contributed by atoms with Crippen LogP contribution in [0.25, 0.3) is 21.9 Å². The van der Waals surface area contributed by atoms with Gasteiger partial charge in [-0.15, -0.1) is 0 Å². The van der Waals surface area contributed by atoms with Crippen molar-refractivity contribution in [3.05, 3.63) is 71.8 Å². The maximum atomic E-state index is 3.64. The molecule has 0 aromatic heterocycles. The molecule has 0 aliphatic heterocycles. The normalized spacial score (nSPS) is 11.8. The first-order valence-electron chi connectivity index (χ1n) is 7.48. The van der Waals surface area contributed by atoms with Crippen LogP contribution in [0.1, 0.15) is 31.9 Å². The van der Waals surface area contributed by atoms with Gasteiger partial charge in [-0.05, 0) is 51.9 Å². The zero-order valence-corrected chi connectivity index (χ0v) is 13.2. The van der Waals surface area contributed by atoms with Crippen molar-refractivity contribution in [1.29, 1.82) is 0 Å². The lowest BCUT2D eigenvalue weighted by Gasteiger charge is -2.24. The third kappa shape index (κ3) is 2.71. The highest BCUT2D eigenvalue weighted by Crippen LogP contribution is 2.35.